The number of likely N-dealkylation sites (N-methyl/N-ethyl adjacent to an activating group) is 1. The molecule has 0 N–H and O–H groups in total. The SMILES string of the molecule is CC(=O)N1CCCC(c2nc(CN(C)C(=O)COc3ccccc3F)cc(N(C)C)n2)C1. The summed E-state index contributed by atoms with van der Waals surface area (Å²) in [6, 6.07) is 7.82. The Hall–Kier alpha value is -3.23. The molecule has 2 aromatic rings. The second kappa shape index (κ2) is 10.4. The summed E-state index contributed by atoms with van der Waals surface area (Å²) in [5.41, 5.74) is 0.695. The zero-order valence-electron chi connectivity index (χ0n) is 19.0. The van der Waals surface area contributed by atoms with E-state index >= 15 is 0 Å². The Bertz CT molecular complexity index is 968. The Kier molecular flexibility index (Phi) is 7.61. The van der Waals surface area contributed by atoms with Gasteiger partial charge in [-0.05, 0) is 25.0 Å². The van der Waals surface area contributed by atoms with Crippen LogP contribution in [0.15, 0.2) is 30.3 Å². The van der Waals surface area contributed by atoms with Gasteiger partial charge in [-0.25, -0.2) is 14.4 Å². The predicted molar refractivity (Wildman–Crippen MR) is 119 cm³/mol. The highest BCUT2D eigenvalue weighted by Gasteiger charge is 2.26. The minimum Gasteiger partial charge on any atom is -0.481 e. The van der Waals surface area contributed by atoms with Gasteiger partial charge in [-0.2, -0.15) is 0 Å². The highest BCUT2D eigenvalue weighted by Crippen LogP contribution is 2.26. The van der Waals surface area contributed by atoms with Crippen molar-refractivity contribution in [1.82, 2.24) is 19.8 Å². The molecule has 1 aliphatic rings. The quantitative estimate of drug-likeness (QED) is 0.654. The van der Waals surface area contributed by atoms with Gasteiger partial charge in [0.15, 0.2) is 18.2 Å². The number of hydrogen-bond donors (Lipinski definition) is 0. The van der Waals surface area contributed by atoms with E-state index in [2.05, 4.69) is 0 Å². The van der Waals surface area contributed by atoms with Gasteiger partial charge in [-0.15, -0.1) is 0 Å². The molecule has 1 atom stereocenters. The van der Waals surface area contributed by atoms with Gasteiger partial charge >= 0.3 is 0 Å². The number of benzene rings is 1. The fourth-order valence-electron chi connectivity index (χ4n) is 3.61. The number of para-hydroxylation sites is 1. The summed E-state index contributed by atoms with van der Waals surface area (Å²) in [7, 11) is 5.45. The van der Waals surface area contributed by atoms with Crippen molar-refractivity contribution in [2.75, 3.05) is 45.7 Å². The van der Waals surface area contributed by atoms with E-state index < -0.39 is 5.82 Å². The van der Waals surface area contributed by atoms with E-state index in [0.717, 1.165) is 25.2 Å². The van der Waals surface area contributed by atoms with Crippen molar-refractivity contribution >= 4 is 17.6 Å². The fourth-order valence-corrected chi connectivity index (χ4v) is 3.61. The normalized spacial score (nSPS) is 15.9. The van der Waals surface area contributed by atoms with Crippen molar-refractivity contribution in [3.63, 3.8) is 0 Å². The van der Waals surface area contributed by atoms with E-state index in [9.17, 15) is 14.0 Å². The zero-order chi connectivity index (χ0) is 23.3. The number of amides is 2. The van der Waals surface area contributed by atoms with Crippen molar-refractivity contribution in [3.05, 3.63) is 47.7 Å². The summed E-state index contributed by atoms with van der Waals surface area (Å²) in [6.45, 7) is 2.92. The Labute approximate surface area is 188 Å². The first-order valence-corrected chi connectivity index (χ1v) is 10.7. The monoisotopic (exact) mass is 443 g/mol. The highest BCUT2D eigenvalue weighted by atomic mass is 19.1. The fraction of sp³-hybridized carbons (Fsp3) is 0.478. The predicted octanol–water partition coefficient (Wildman–Crippen LogP) is 2.45. The van der Waals surface area contributed by atoms with E-state index in [1.54, 1.807) is 26.1 Å². The van der Waals surface area contributed by atoms with Crippen LogP contribution < -0.4 is 9.64 Å². The van der Waals surface area contributed by atoms with Crippen molar-refractivity contribution in [2.45, 2.75) is 32.2 Å². The number of hydrogen-bond acceptors (Lipinski definition) is 6. The number of carbonyl (C=O) groups excluding carboxylic acids is 2. The van der Waals surface area contributed by atoms with Gasteiger partial charge in [0.2, 0.25) is 5.91 Å². The van der Waals surface area contributed by atoms with Gasteiger partial charge in [0.25, 0.3) is 5.91 Å². The number of rotatable bonds is 7. The van der Waals surface area contributed by atoms with Crippen LogP contribution >= 0.6 is 0 Å². The molecule has 9 heteroatoms. The Morgan fingerprint density at radius 3 is 2.66 bits per heavy atom. The molecule has 0 aliphatic carbocycles. The minimum atomic E-state index is -0.508. The molecule has 172 valence electrons. The summed E-state index contributed by atoms with van der Waals surface area (Å²) < 4.78 is 19.0. The van der Waals surface area contributed by atoms with Crippen LogP contribution in [0.25, 0.3) is 0 Å². The van der Waals surface area contributed by atoms with Crippen LogP contribution in [-0.4, -0.2) is 72.4 Å². The first-order valence-electron chi connectivity index (χ1n) is 10.7. The number of anilines is 1. The zero-order valence-corrected chi connectivity index (χ0v) is 19.0. The summed E-state index contributed by atoms with van der Waals surface area (Å²) in [5.74, 6) is 0.775. The van der Waals surface area contributed by atoms with Gasteiger partial charge < -0.3 is 19.4 Å². The molecule has 1 fully saturated rings. The smallest absolute Gasteiger partial charge is 0.260 e. The topological polar surface area (TPSA) is 78.9 Å². The second-order valence-corrected chi connectivity index (χ2v) is 8.24. The lowest BCUT2D eigenvalue weighted by atomic mass is 9.97. The average molecular weight is 444 g/mol. The van der Waals surface area contributed by atoms with Crippen molar-refractivity contribution in [2.24, 2.45) is 0 Å². The van der Waals surface area contributed by atoms with Crippen molar-refractivity contribution in [3.8, 4) is 5.75 Å². The van der Waals surface area contributed by atoms with Crippen LogP contribution in [0.4, 0.5) is 10.2 Å². The lowest BCUT2D eigenvalue weighted by Gasteiger charge is -2.31. The number of carbonyl (C=O) groups is 2. The molecule has 1 unspecified atom stereocenters. The van der Waals surface area contributed by atoms with Crippen molar-refractivity contribution in [1.29, 1.82) is 0 Å². The molecular weight excluding hydrogens is 413 g/mol. The Morgan fingerprint density at radius 2 is 1.97 bits per heavy atom. The summed E-state index contributed by atoms with van der Waals surface area (Å²) >= 11 is 0. The number of ether oxygens (including phenoxy) is 1. The average Bonchev–Trinajstić information content (AvgIpc) is 2.78. The number of piperidine rings is 1. The molecule has 3 rings (SSSR count). The summed E-state index contributed by atoms with van der Waals surface area (Å²) in [6.07, 6.45) is 1.81. The third-order valence-corrected chi connectivity index (χ3v) is 5.49. The largest absolute Gasteiger partial charge is 0.481 e. The van der Waals surface area contributed by atoms with E-state index in [-0.39, 0.29) is 36.6 Å². The third kappa shape index (κ3) is 5.93. The van der Waals surface area contributed by atoms with Crippen LogP contribution in [0.1, 0.15) is 37.2 Å². The molecule has 2 heterocycles. The van der Waals surface area contributed by atoms with Gasteiger partial charge in [-0.3, -0.25) is 9.59 Å². The molecule has 1 aliphatic heterocycles. The second-order valence-electron chi connectivity index (χ2n) is 8.24. The Balaban J connectivity index is 1.71. The number of aromatic nitrogens is 2. The molecule has 1 aromatic heterocycles. The number of likely N-dealkylation sites (tertiary alicyclic amines) is 1. The lowest BCUT2D eigenvalue weighted by molar-refractivity contribution is -0.132. The summed E-state index contributed by atoms with van der Waals surface area (Å²) in [4.78, 5) is 39.0. The maximum atomic E-state index is 13.7. The standard InChI is InChI=1S/C23H30FN5O3/c1-16(30)29-11-7-8-17(13-29)23-25-18(12-21(26-23)27(2)3)14-28(4)22(31)15-32-20-10-6-5-9-19(20)24/h5-6,9-10,12,17H,7-8,11,13-15H2,1-4H3. The van der Waals surface area contributed by atoms with Crippen LogP contribution in [0.2, 0.25) is 0 Å². The van der Waals surface area contributed by atoms with Crippen molar-refractivity contribution < 1.29 is 18.7 Å². The maximum absolute atomic E-state index is 13.7. The molecule has 0 bridgehead atoms. The third-order valence-electron chi connectivity index (χ3n) is 5.49. The Morgan fingerprint density at radius 1 is 1.22 bits per heavy atom. The lowest BCUT2D eigenvalue weighted by Crippen LogP contribution is -2.38. The van der Waals surface area contributed by atoms with E-state index in [0.29, 0.717) is 18.1 Å². The minimum absolute atomic E-state index is 0.0424. The van der Waals surface area contributed by atoms with E-state index in [4.69, 9.17) is 14.7 Å². The molecule has 2 amide bonds. The molecule has 32 heavy (non-hydrogen) atoms. The molecule has 0 radical (unpaired) electrons. The van der Waals surface area contributed by atoms with Gasteiger partial charge in [0.1, 0.15) is 11.6 Å². The molecule has 1 aromatic carbocycles. The number of nitrogens with zero attached hydrogens (tertiary/aromatic N) is 5. The van der Waals surface area contributed by atoms with Gasteiger partial charge in [-0.1, -0.05) is 12.1 Å². The first-order chi connectivity index (χ1) is 15.2. The summed E-state index contributed by atoms with van der Waals surface area (Å²) in [5, 5.41) is 0. The maximum Gasteiger partial charge on any atom is 0.260 e. The molecule has 1 saturated heterocycles. The molecule has 8 nitrogen and oxygen atoms in total. The van der Waals surface area contributed by atoms with Crippen LogP contribution in [0.5, 0.6) is 5.75 Å². The molecule has 0 spiro atoms. The molecular formula is C23H30FN5O3. The van der Waals surface area contributed by atoms with Gasteiger partial charge in [0.05, 0.1) is 12.2 Å². The van der Waals surface area contributed by atoms with Gasteiger partial charge in [0, 0.05) is 53.1 Å². The number of halogens is 1. The molecule has 0 saturated carbocycles. The van der Waals surface area contributed by atoms with Crippen LogP contribution in [-0.2, 0) is 16.1 Å². The van der Waals surface area contributed by atoms with Crippen LogP contribution in [0.3, 0.4) is 0 Å². The van der Waals surface area contributed by atoms with E-state index in [1.165, 1.54) is 17.0 Å². The highest BCUT2D eigenvalue weighted by molar-refractivity contribution is 5.77. The van der Waals surface area contributed by atoms with Crippen LogP contribution in [0, 0.1) is 5.82 Å². The van der Waals surface area contributed by atoms with E-state index in [1.807, 2.05) is 30.0 Å². The first kappa shape index (κ1) is 23.4.